The second kappa shape index (κ2) is 12.7. The summed E-state index contributed by atoms with van der Waals surface area (Å²) in [5.74, 6) is -5.72. The monoisotopic (exact) mass is 622 g/mol. The first kappa shape index (κ1) is 31.1. The summed E-state index contributed by atoms with van der Waals surface area (Å²) in [5.41, 5.74) is 0.936. The third-order valence-electron chi connectivity index (χ3n) is 8.64. The molecule has 0 aromatic heterocycles. The molecule has 43 heavy (non-hydrogen) atoms. The number of fused-ring (bicyclic) bond motifs is 1. The number of hydrogen-bond donors (Lipinski definition) is 2. The molecule has 0 saturated carbocycles. The third-order valence-corrected chi connectivity index (χ3v) is 10.5. The van der Waals surface area contributed by atoms with Crippen molar-refractivity contribution in [2.24, 2.45) is 0 Å². The highest BCUT2D eigenvalue weighted by molar-refractivity contribution is 7.89. The molecule has 8 nitrogen and oxygen atoms in total. The molecule has 2 aromatic rings. The number of nitrogens with one attached hydrogen (secondary N) is 2. The molecule has 2 N–H and O–H groups in total. The van der Waals surface area contributed by atoms with Gasteiger partial charge in [0.2, 0.25) is 15.9 Å². The van der Waals surface area contributed by atoms with Crippen LogP contribution in [0.2, 0.25) is 0 Å². The maximum atomic E-state index is 14.6. The van der Waals surface area contributed by atoms with Crippen LogP contribution >= 0.6 is 0 Å². The van der Waals surface area contributed by atoms with Gasteiger partial charge >= 0.3 is 0 Å². The summed E-state index contributed by atoms with van der Waals surface area (Å²) in [6, 6.07) is 3.07. The quantitative estimate of drug-likeness (QED) is 0.313. The number of carbonyl (C=O) groups excluding carboxylic acids is 2. The Balaban J connectivity index is 1.19. The SMILES string of the molecule is N=C(CC(=O)N1CCCC1CNC(=O)c1cc(S(=O)(=O)N2CCCCC2)c(F)cc1F)CC1CCc2cc(F)c(F)cc21. The van der Waals surface area contributed by atoms with E-state index in [-0.39, 0.29) is 50.0 Å². The van der Waals surface area contributed by atoms with E-state index >= 15 is 0 Å². The van der Waals surface area contributed by atoms with Crippen molar-refractivity contribution in [1.29, 1.82) is 5.41 Å². The van der Waals surface area contributed by atoms with E-state index < -0.39 is 55.7 Å². The van der Waals surface area contributed by atoms with Gasteiger partial charge in [-0.15, -0.1) is 0 Å². The molecule has 5 rings (SSSR count). The maximum absolute atomic E-state index is 14.6. The topological polar surface area (TPSA) is 111 Å². The van der Waals surface area contributed by atoms with Gasteiger partial charge in [-0.25, -0.2) is 26.0 Å². The lowest BCUT2D eigenvalue weighted by Gasteiger charge is -2.26. The minimum Gasteiger partial charge on any atom is -0.350 e. The molecule has 2 atom stereocenters. The van der Waals surface area contributed by atoms with E-state index in [9.17, 15) is 35.6 Å². The number of rotatable bonds is 9. The smallest absolute Gasteiger partial charge is 0.254 e. The highest BCUT2D eigenvalue weighted by Crippen LogP contribution is 2.37. The Morgan fingerprint density at radius 2 is 1.60 bits per heavy atom. The summed E-state index contributed by atoms with van der Waals surface area (Å²) in [6.45, 7) is 0.808. The molecule has 0 bridgehead atoms. The summed E-state index contributed by atoms with van der Waals surface area (Å²) in [6.07, 6.45) is 4.61. The van der Waals surface area contributed by atoms with Crippen LogP contribution in [0.1, 0.15) is 78.8 Å². The molecule has 3 aliphatic rings. The molecule has 2 amide bonds. The number of hydrogen-bond acceptors (Lipinski definition) is 5. The van der Waals surface area contributed by atoms with Crippen molar-refractivity contribution >= 4 is 27.5 Å². The molecule has 2 aromatic carbocycles. The molecule has 0 spiro atoms. The summed E-state index contributed by atoms with van der Waals surface area (Å²) in [5, 5.41) is 11.0. The molecule has 13 heteroatoms. The summed E-state index contributed by atoms with van der Waals surface area (Å²) in [7, 11) is -4.25. The van der Waals surface area contributed by atoms with Crippen molar-refractivity contribution in [3.05, 3.63) is 64.2 Å². The Bertz CT molecular complexity index is 1550. The van der Waals surface area contributed by atoms with Crippen molar-refractivity contribution in [1.82, 2.24) is 14.5 Å². The van der Waals surface area contributed by atoms with Crippen LogP contribution in [0.5, 0.6) is 0 Å². The lowest BCUT2D eigenvalue weighted by atomic mass is 9.94. The van der Waals surface area contributed by atoms with Crippen molar-refractivity contribution in [3.8, 4) is 0 Å². The first-order valence-electron chi connectivity index (χ1n) is 14.6. The van der Waals surface area contributed by atoms with Crippen LogP contribution in [0, 0.1) is 28.7 Å². The van der Waals surface area contributed by atoms with E-state index in [2.05, 4.69) is 5.32 Å². The zero-order valence-electron chi connectivity index (χ0n) is 23.6. The number of benzene rings is 2. The zero-order chi connectivity index (χ0) is 30.9. The molecular formula is C30H34F4N4O4S. The van der Waals surface area contributed by atoms with Crippen LogP contribution < -0.4 is 5.32 Å². The van der Waals surface area contributed by atoms with Gasteiger partial charge < -0.3 is 15.6 Å². The van der Waals surface area contributed by atoms with Gasteiger partial charge in [-0.1, -0.05) is 6.42 Å². The van der Waals surface area contributed by atoms with Crippen molar-refractivity contribution in [3.63, 3.8) is 0 Å². The molecule has 2 saturated heterocycles. The van der Waals surface area contributed by atoms with Crippen LogP contribution in [-0.4, -0.2) is 67.4 Å². The minimum absolute atomic E-state index is 0.0379. The van der Waals surface area contributed by atoms with Gasteiger partial charge in [-0.3, -0.25) is 9.59 Å². The first-order valence-corrected chi connectivity index (χ1v) is 16.0. The van der Waals surface area contributed by atoms with Crippen LogP contribution in [0.3, 0.4) is 0 Å². The van der Waals surface area contributed by atoms with E-state index in [0.717, 1.165) is 16.8 Å². The largest absolute Gasteiger partial charge is 0.350 e. The Labute approximate surface area is 248 Å². The van der Waals surface area contributed by atoms with Gasteiger partial charge in [0.05, 0.1) is 12.0 Å². The van der Waals surface area contributed by atoms with Crippen LogP contribution in [0.15, 0.2) is 29.2 Å². The fourth-order valence-electron chi connectivity index (χ4n) is 6.38. The van der Waals surface area contributed by atoms with E-state index in [4.69, 9.17) is 5.41 Å². The normalized spacial score (nSPS) is 20.7. The van der Waals surface area contributed by atoms with Gasteiger partial charge in [-0.05, 0) is 80.2 Å². The fraction of sp³-hybridized carbons (Fsp3) is 0.500. The van der Waals surface area contributed by atoms with Gasteiger partial charge in [0.25, 0.3) is 5.91 Å². The predicted molar refractivity (Wildman–Crippen MR) is 150 cm³/mol. The number of nitrogens with zero attached hydrogens (tertiary/aromatic N) is 2. The van der Waals surface area contributed by atoms with Gasteiger partial charge in [0, 0.05) is 44.0 Å². The van der Waals surface area contributed by atoms with Crippen LogP contribution in [0.25, 0.3) is 0 Å². The highest BCUT2D eigenvalue weighted by atomic mass is 32.2. The zero-order valence-corrected chi connectivity index (χ0v) is 24.4. The number of amides is 2. The predicted octanol–water partition coefficient (Wildman–Crippen LogP) is 4.67. The Kier molecular flexibility index (Phi) is 9.21. The second-order valence-electron chi connectivity index (χ2n) is 11.5. The Hall–Kier alpha value is -3.32. The summed E-state index contributed by atoms with van der Waals surface area (Å²) >= 11 is 0. The van der Waals surface area contributed by atoms with Crippen molar-refractivity contribution in [2.75, 3.05) is 26.2 Å². The molecule has 2 unspecified atom stereocenters. The van der Waals surface area contributed by atoms with Crippen molar-refractivity contribution in [2.45, 2.75) is 74.6 Å². The second-order valence-corrected chi connectivity index (χ2v) is 13.4. The Morgan fingerprint density at radius 3 is 2.35 bits per heavy atom. The average Bonchev–Trinajstić information content (AvgIpc) is 3.59. The number of sulfonamides is 1. The molecule has 232 valence electrons. The fourth-order valence-corrected chi connectivity index (χ4v) is 7.97. The number of piperidine rings is 1. The van der Waals surface area contributed by atoms with E-state index in [1.165, 1.54) is 12.1 Å². The maximum Gasteiger partial charge on any atom is 0.254 e. The molecule has 2 fully saturated rings. The molecule has 0 radical (unpaired) electrons. The van der Waals surface area contributed by atoms with Gasteiger partial charge in [0.1, 0.15) is 16.5 Å². The average molecular weight is 623 g/mol. The standard InChI is InChI=1S/C30H34F4N4O4S/c31-24-16-27(34)28(43(41,42)37-8-2-1-3-9-37)15-23(24)30(40)36-17-21-5-4-10-38(21)29(39)13-20(35)11-18-6-7-19-12-25(32)26(33)14-22(18)19/h12,14-16,18,21,35H,1-11,13,17H2,(H,36,40). The number of halogens is 4. The third kappa shape index (κ3) is 6.62. The highest BCUT2D eigenvalue weighted by Gasteiger charge is 2.33. The first-order chi connectivity index (χ1) is 20.5. The van der Waals surface area contributed by atoms with Gasteiger partial charge in [-0.2, -0.15) is 4.31 Å². The lowest BCUT2D eigenvalue weighted by Crippen LogP contribution is -2.43. The van der Waals surface area contributed by atoms with Gasteiger partial charge in [0.15, 0.2) is 11.6 Å². The number of aryl methyl sites for hydroxylation is 1. The number of likely N-dealkylation sites (tertiary alicyclic amines) is 1. The molecule has 2 heterocycles. The molecule has 2 aliphatic heterocycles. The minimum atomic E-state index is -4.25. The van der Waals surface area contributed by atoms with E-state index in [0.29, 0.717) is 62.3 Å². The number of carbonyl (C=O) groups is 2. The lowest BCUT2D eigenvalue weighted by molar-refractivity contribution is -0.130. The molecule has 1 aliphatic carbocycles. The Morgan fingerprint density at radius 1 is 0.884 bits per heavy atom. The van der Waals surface area contributed by atoms with E-state index in [1.807, 2.05) is 0 Å². The van der Waals surface area contributed by atoms with Crippen LogP contribution in [0.4, 0.5) is 17.6 Å². The van der Waals surface area contributed by atoms with Crippen LogP contribution in [-0.2, 0) is 21.2 Å². The van der Waals surface area contributed by atoms with E-state index in [1.54, 1.807) is 4.90 Å². The summed E-state index contributed by atoms with van der Waals surface area (Å²) in [4.78, 5) is 26.8. The molecular weight excluding hydrogens is 588 g/mol. The van der Waals surface area contributed by atoms with Crippen molar-refractivity contribution < 1.29 is 35.6 Å². The summed E-state index contributed by atoms with van der Waals surface area (Å²) < 4.78 is 83.7.